The fourth-order valence-electron chi connectivity index (χ4n) is 3.91. The highest BCUT2D eigenvalue weighted by Gasteiger charge is 2.39. The topological polar surface area (TPSA) is 87.4 Å². The Balaban J connectivity index is 1.11. The molecule has 2 fully saturated rings. The number of rotatable bonds is 6. The van der Waals surface area contributed by atoms with Crippen molar-refractivity contribution in [3.05, 3.63) is 72.2 Å². The molecule has 3 heterocycles. The number of anilines is 1. The lowest BCUT2D eigenvalue weighted by molar-refractivity contribution is 0.0945. The summed E-state index contributed by atoms with van der Waals surface area (Å²) in [5.74, 6) is 1.56. The van der Waals surface area contributed by atoms with E-state index < -0.39 is 0 Å². The molecule has 1 aliphatic carbocycles. The van der Waals surface area contributed by atoms with Crippen molar-refractivity contribution < 1.29 is 9.21 Å². The maximum atomic E-state index is 12.5. The Labute approximate surface area is 175 Å². The average molecular weight is 404 g/mol. The molecule has 8 heteroatoms. The lowest BCUT2D eigenvalue weighted by Crippen LogP contribution is -2.46. The predicted molar refractivity (Wildman–Crippen MR) is 111 cm³/mol. The number of amides is 1. The summed E-state index contributed by atoms with van der Waals surface area (Å²) in [5.41, 5.74) is 1.61. The van der Waals surface area contributed by atoms with Crippen LogP contribution in [0.5, 0.6) is 0 Å². The lowest BCUT2D eigenvalue weighted by Gasteiger charge is -2.33. The van der Waals surface area contributed by atoms with Gasteiger partial charge in [0, 0.05) is 50.5 Å². The largest absolute Gasteiger partial charge is 0.447 e. The molecule has 0 spiro atoms. The second-order valence-electron chi connectivity index (χ2n) is 7.77. The molecule has 3 aromatic rings. The minimum absolute atomic E-state index is 0.167. The normalized spacial score (nSPS) is 21.4. The molecule has 1 N–H and O–H groups in total. The molecule has 154 valence electrons. The van der Waals surface area contributed by atoms with Crippen molar-refractivity contribution in [2.45, 2.75) is 24.9 Å². The maximum Gasteiger partial charge on any atom is 0.273 e. The van der Waals surface area contributed by atoms with Crippen LogP contribution in [0.25, 0.3) is 0 Å². The van der Waals surface area contributed by atoms with E-state index in [0.717, 1.165) is 38.5 Å². The fourth-order valence-corrected chi connectivity index (χ4v) is 3.91. The Hall–Kier alpha value is -3.26. The minimum Gasteiger partial charge on any atom is -0.447 e. The minimum atomic E-state index is -0.167. The van der Waals surface area contributed by atoms with Gasteiger partial charge >= 0.3 is 0 Å². The first kappa shape index (κ1) is 18.7. The highest BCUT2D eigenvalue weighted by molar-refractivity contribution is 5.92. The zero-order valence-corrected chi connectivity index (χ0v) is 16.6. The van der Waals surface area contributed by atoms with Gasteiger partial charge in [0.25, 0.3) is 5.91 Å². The van der Waals surface area contributed by atoms with Crippen molar-refractivity contribution >= 4 is 11.9 Å². The highest BCUT2D eigenvalue weighted by Crippen LogP contribution is 2.40. The molecule has 5 rings (SSSR count). The second-order valence-corrected chi connectivity index (χ2v) is 7.77. The summed E-state index contributed by atoms with van der Waals surface area (Å²) in [6, 6.07) is 12.3. The van der Waals surface area contributed by atoms with E-state index in [1.165, 1.54) is 11.8 Å². The molecular formula is C22H24N6O2. The van der Waals surface area contributed by atoms with Crippen LogP contribution >= 0.6 is 0 Å². The lowest BCUT2D eigenvalue weighted by atomic mass is 10.1. The third-order valence-electron chi connectivity index (χ3n) is 5.69. The molecular weight excluding hydrogens is 380 g/mol. The summed E-state index contributed by atoms with van der Waals surface area (Å²) in [5, 5.41) is 3.06. The third kappa shape index (κ3) is 4.18. The number of oxazole rings is 1. The van der Waals surface area contributed by atoms with Gasteiger partial charge in [-0.1, -0.05) is 30.3 Å². The van der Waals surface area contributed by atoms with E-state index >= 15 is 0 Å². The number of aromatic nitrogens is 3. The van der Waals surface area contributed by atoms with E-state index in [-0.39, 0.29) is 11.9 Å². The van der Waals surface area contributed by atoms with Crippen molar-refractivity contribution in [3.63, 3.8) is 0 Å². The average Bonchev–Trinajstić information content (AvgIpc) is 3.41. The van der Waals surface area contributed by atoms with E-state index in [4.69, 9.17) is 4.42 Å². The van der Waals surface area contributed by atoms with Gasteiger partial charge in [0.2, 0.25) is 11.8 Å². The summed E-state index contributed by atoms with van der Waals surface area (Å²) >= 11 is 0. The van der Waals surface area contributed by atoms with Gasteiger partial charge in [0.1, 0.15) is 6.26 Å². The Morgan fingerprint density at radius 3 is 2.60 bits per heavy atom. The zero-order chi connectivity index (χ0) is 20.3. The molecule has 2 atom stereocenters. The van der Waals surface area contributed by atoms with Crippen molar-refractivity contribution in [3.8, 4) is 0 Å². The van der Waals surface area contributed by atoms with Crippen LogP contribution in [0, 0.1) is 0 Å². The molecule has 0 radical (unpaired) electrons. The maximum absolute atomic E-state index is 12.5. The number of piperazine rings is 1. The Morgan fingerprint density at radius 1 is 1.07 bits per heavy atom. The molecule has 1 saturated carbocycles. The molecule has 8 nitrogen and oxygen atoms in total. The van der Waals surface area contributed by atoms with Crippen LogP contribution in [0.4, 0.5) is 5.95 Å². The van der Waals surface area contributed by atoms with Gasteiger partial charge in [-0.05, 0) is 18.1 Å². The van der Waals surface area contributed by atoms with E-state index in [2.05, 4.69) is 42.2 Å². The molecule has 1 saturated heterocycles. The van der Waals surface area contributed by atoms with Crippen LogP contribution in [0.1, 0.15) is 34.3 Å². The number of nitrogens with zero attached hydrogens (tertiary/aromatic N) is 5. The summed E-state index contributed by atoms with van der Waals surface area (Å²) in [7, 11) is 0. The Morgan fingerprint density at radius 2 is 1.83 bits per heavy atom. The summed E-state index contributed by atoms with van der Waals surface area (Å²) < 4.78 is 5.56. The number of benzene rings is 1. The summed E-state index contributed by atoms with van der Waals surface area (Å²) in [6.07, 6.45) is 5.95. The van der Waals surface area contributed by atoms with Crippen molar-refractivity contribution in [2.24, 2.45) is 0 Å². The quantitative estimate of drug-likeness (QED) is 0.673. The summed E-state index contributed by atoms with van der Waals surface area (Å²) in [4.78, 5) is 30.0. The van der Waals surface area contributed by atoms with Gasteiger partial charge < -0.3 is 14.6 Å². The molecule has 2 aliphatic rings. The monoisotopic (exact) mass is 404 g/mol. The van der Waals surface area contributed by atoms with Gasteiger partial charge in [-0.15, -0.1) is 0 Å². The van der Waals surface area contributed by atoms with Gasteiger partial charge in [-0.2, -0.15) is 0 Å². The van der Waals surface area contributed by atoms with E-state index in [0.29, 0.717) is 24.0 Å². The number of carbonyl (C=O) groups is 1. The Bertz CT molecular complexity index is 985. The molecule has 0 bridgehead atoms. The van der Waals surface area contributed by atoms with E-state index in [1.54, 1.807) is 12.4 Å². The van der Waals surface area contributed by atoms with E-state index in [1.807, 2.05) is 24.3 Å². The fraction of sp³-hybridized carbons (Fsp3) is 0.364. The third-order valence-corrected chi connectivity index (χ3v) is 5.69. The Kier molecular flexibility index (Phi) is 5.15. The van der Waals surface area contributed by atoms with Crippen LogP contribution in [0.3, 0.4) is 0 Å². The van der Waals surface area contributed by atoms with Crippen molar-refractivity contribution in [1.29, 1.82) is 0 Å². The van der Waals surface area contributed by atoms with Crippen LogP contribution in [0.2, 0.25) is 0 Å². The van der Waals surface area contributed by atoms with Crippen molar-refractivity contribution in [2.75, 3.05) is 31.1 Å². The SMILES string of the molecule is O=C(N[C@@H]1C[C@H]1c1ccccc1)c1coc(CN2CCN(c3ncccn3)CC2)n1. The van der Waals surface area contributed by atoms with Gasteiger partial charge in [-0.25, -0.2) is 15.0 Å². The smallest absolute Gasteiger partial charge is 0.273 e. The van der Waals surface area contributed by atoms with Crippen LogP contribution < -0.4 is 10.2 Å². The number of carbonyl (C=O) groups excluding carboxylic acids is 1. The first-order chi connectivity index (χ1) is 14.8. The molecule has 1 amide bonds. The van der Waals surface area contributed by atoms with E-state index in [9.17, 15) is 4.79 Å². The van der Waals surface area contributed by atoms with Gasteiger partial charge in [0.05, 0.1) is 6.54 Å². The number of nitrogens with one attached hydrogen (secondary N) is 1. The van der Waals surface area contributed by atoms with Gasteiger partial charge in [0.15, 0.2) is 5.69 Å². The van der Waals surface area contributed by atoms with Gasteiger partial charge in [-0.3, -0.25) is 9.69 Å². The highest BCUT2D eigenvalue weighted by atomic mass is 16.3. The first-order valence-electron chi connectivity index (χ1n) is 10.3. The summed E-state index contributed by atoms with van der Waals surface area (Å²) in [6.45, 7) is 4.01. The molecule has 30 heavy (non-hydrogen) atoms. The second kappa shape index (κ2) is 8.23. The predicted octanol–water partition coefficient (Wildman–Crippen LogP) is 2.07. The number of hydrogen-bond donors (Lipinski definition) is 1. The molecule has 1 aliphatic heterocycles. The zero-order valence-electron chi connectivity index (χ0n) is 16.6. The molecule has 1 aromatic carbocycles. The standard InChI is InChI=1S/C22H24N6O2/c29-21(26-18-13-17(18)16-5-2-1-3-6-16)19-15-30-20(25-19)14-27-9-11-28(12-10-27)22-23-7-4-8-24-22/h1-8,15,17-18H,9-14H2,(H,26,29)/t17-,18+/m0/s1. The molecule has 0 unspecified atom stereocenters. The molecule has 2 aromatic heterocycles. The van der Waals surface area contributed by atoms with Crippen molar-refractivity contribution in [1.82, 2.24) is 25.2 Å². The van der Waals surface area contributed by atoms with Crippen LogP contribution in [-0.4, -0.2) is 58.0 Å². The number of hydrogen-bond acceptors (Lipinski definition) is 7. The van der Waals surface area contributed by atoms with Crippen LogP contribution in [-0.2, 0) is 6.54 Å². The first-order valence-corrected chi connectivity index (χ1v) is 10.3. The van der Waals surface area contributed by atoms with Crippen LogP contribution in [0.15, 0.2) is 59.5 Å².